The Bertz CT molecular complexity index is 281. The zero-order chi connectivity index (χ0) is 12.0. The van der Waals surface area contributed by atoms with Crippen molar-refractivity contribution in [2.75, 3.05) is 20.3 Å². The van der Waals surface area contributed by atoms with E-state index in [0.29, 0.717) is 13.0 Å². The van der Waals surface area contributed by atoms with E-state index in [0.717, 1.165) is 0 Å². The molecule has 1 aromatic heterocycles. The van der Waals surface area contributed by atoms with E-state index in [2.05, 4.69) is 36.7 Å². The van der Waals surface area contributed by atoms with Crippen LogP contribution < -0.4 is 5.32 Å². The predicted octanol–water partition coefficient (Wildman–Crippen LogP) is 2.19. The standard InChI is InChI=1S/C12H21NO2S/c1-10(11-5-4-8-16-11)13-12(2,6-7-14)9-15-3/h4-5,8,10,13-14H,6-7,9H2,1-3H3. The molecule has 0 aromatic carbocycles. The van der Waals surface area contributed by atoms with Gasteiger partial charge in [-0.25, -0.2) is 0 Å². The Kier molecular flexibility index (Phi) is 5.41. The maximum atomic E-state index is 9.08. The van der Waals surface area contributed by atoms with Crippen molar-refractivity contribution >= 4 is 11.3 Å². The average molecular weight is 243 g/mol. The van der Waals surface area contributed by atoms with E-state index in [9.17, 15) is 0 Å². The Balaban J connectivity index is 2.60. The number of hydrogen-bond donors (Lipinski definition) is 2. The van der Waals surface area contributed by atoms with Crippen LogP contribution in [-0.2, 0) is 4.74 Å². The third-order valence-corrected chi connectivity index (χ3v) is 3.72. The lowest BCUT2D eigenvalue weighted by molar-refractivity contribution is 0.0915. The molecule has 0 aliphatic rings. The number of methoxy groups -OCH3 is 1. The smallest absolute Gasteiger partial charge is 0.0642 e. The normalized spacial score (nSPS) is 17.0. The molecule has 0 fully saturated rings. The van der Waals surface area contributed by atoms with Crippen molar-refractivity contribution < 1.29 is 9.84 Å². The second kappa shape index (κ2) is 6.35. The van der Waals surface area contributed by atoms with Crippen LogP contribution in [0.3, 0.4) is 0 Å². The highest BCUT2D eigenvalue weighted by Crippen LogP contribution is 2.22. The number of aliphatic hydroxyl groups excluding tert-OH is 1. The van der Waals surface area contributed by atoms with Gasteiger partial charge in [0.15, 0.2) is 0 Å². The number of nitrogens with one attached hydrogen (secondary N) is 1. The molecule has 2 N–H and O–H groups in total. The highest BCUT2D eigenvalue weighted by molar-refractivity contribution is 7.10. The predicted molar refractivity (Wildman–Crippen MR) is 67.9 cm³/mol. The molecular weight excluding hydrogens is 222 g/mol. The second-order valence-electron chi connectivity index (χ2n) is 4.35. The van der Waals surface area contributed by atoms with Gasteiger partial charge in [-0.2, -0.15) is 0 Å². The highest BCUT2D eigenvalue weighted by atomic mass is 32.1. The molecule has 2 unspecified atom stereocenters. The number of thiophene rings is 1. The third-order valence-electron chi connectivity index (χ3n) is 2.66. The largest absolute Gasteiger partial charge is 0.396 e. The van der Waals surface area contributed by atoms with E-state index in [1.54, 1.807) is 18.4 Å². The lowest BCUT2D eigenvalue weighted by atomic mass is 9.98. The topological polar surface area (TPSA) is 41.5 Å². The molecule has 0 spiro atoms. The Hall–Kier alpha value is -0.420. The molecule has 92 valence electrons. The third kappa shape index (κ3) is 3.87. The van der Waals surface area contributed by atoms with Crippen LogP contribution in [0.4, 0.5) is 0 Å². The first kappa shape index (κ1) is 13.6. The zero-order valence-electron chi connectivity index (χ0n) is 10.2. The molecule has 0 aliphatic heterocycles. The summed E-state index contributed by atoms with van der Waals surface area (Å²) in [5.74, 6) is 0. The summed E-state index contributed by atoms with van der Waals surface area (Å²) in [4.78, 5) is 1.31. The molecule has 2 atom stereocenters. The van der Waals surface area contributed by atoms with Crippen molar-refractivity contribution in [1.82, 2.24) is 5.32 Å². The maximum absolute atomic E-state index is 9.08. The van der Waals surface area contributed by atoms with E-state index in [4.69, 9.17) is 9.84 Å². The Morgan fingerprint density at radius 3 is 2.88 bits per heavy atom. The van der Waals surface area contributed by atoms with Crippen LogP contribution in [-0.4, -0.2) is 31.0 Å². The van der Waals surface area contributed by atoms with Crippen molar-refractivity contribution in [2.24, 2.45) is 0 Å². The first-order chi connectivity index (χ1) is 7.61. The van der Waals surface area contributed by atoms with Crippen LogP contribution in [0.25, 0.3) is 0 Å². The van der Waals surface area contributed by atoms with Crippen molar-refractivity contribution in [2.45, 2.75) is 31.8 Å². The molecule has 1 rings (SSSR count). The summed E-state index contributed by atoms with van der Waals surface area (Å²) in [6, 6.07) is 4.46. The summed E-state index contributed by atoms with van der Waals surface area (Å²) >= 11 is 1.74. The quantitative estimate of drug-likeness (QED) is 0.771. The Morgan fingerprint density at radius 2 is 2.38 bits per heavy atom. The van der Waals surface area contributed by atoms with Gasteiger partial charge in [-0.15, -0.1) is 11.3 Å². The Morgan fingerprint density at radius 1 is 1.62 bits per heavy atom. The summed E-state index contributed by atoms with van der Waals surface area (Å²) < 4.78 is 5.21. The number of rotatable bonds is 7. The van der Waals surface area contributed by atoms with Crippen molar-refractivity contribution in [3.63, 3.8) is 0 Å². The van der Waals surface area contributed by atoms with Gasteiger partial charge in [-0.3, -0.25) is 0 Å². The van der Waals surface area contributed by atoms with E-state index < -0.39 is 0 Å². The fourth-order valence-corrected chi connectivity index (χ4v) is 2.62. The minimum Gasteiger partial charge on any atom is -0.396 e. The van der Waals surface area contributed by atoms with Crippen molar-refractivity contribution in [1.29, 1.82) is 0 Å². The monoisotopic (exact) mass is 243 g/mol. The molecule has 3 nitrogen and oxygen atoms in total. The summed E-state index contributed by atoms with van der Waals surface area (Å²) in [5.41, 5.74) is -0.174. The van der Waals surface area contributed by atoms with Gasteiger partial charge in [0.25, 0.3) is 0 Å². The first-order valence-corrected chi connectivity index (χ1v) is 6.40. The summed E-state index contributed by atoms with van der Waals surface area (Å²) in [5, 5.41) is 14.7. The van der Waals surface area contributed by atoms with Crippen LogP contribution >= 0.6 is 11.3 Å². The molecule has 0 bridgehead atoms. The summed E-state index contributed by atoms with van der Waals surface area (Å²) in [6.45, 7) is 4.99. The first-order valence-electron chi connectivity index (χ1n) is 5.52. The minimum atomic E-state index is -0.174. The second-order valence-corrected chi connectivity index (χ2v) is 5.33. The molecule has 0 saturated carbocycles. The van der Waals surface area contributed by atoms with Gasteiger partial charge >= 0.3 is 0 Å². The van der Waals surface area contributed by atoms with Gasteiger partial charge in [0.1, 0.15) is 0 Å². The summed E-state index contributed by atoms with van der Waals surface area (Å²) in [7, 11) is 1.69. The van der Waals surface area contributed by atoms with Crippen LogP contribution in [0.15, 0.2) is 17.5 Å². The van der Waals surface area contributed by atoms with Crippen LogP contribution in [0.5, 0.6) is 0 Å². The van der Waals surface area contributed by atoms with Gasteiger partial charge in [-0.1, -0.05) is 6.07 Å². The fourth-order valence-electron chi connectivity index (χ4n) is 1.88. The van der Waals surface area contributed by atoms with Gasteiger partial charge in [0.2, 0.25) is 0 Å². The average Bonchev–Trinajstić information content (AvgIpc) is 2.70. The van der Waals surface area contributed by atoms with Crippen molar-refractivity contribution in [3.8, 4) is 0 Å². The SMILES string of the molecule is COCC(C)(CCO)NC(C)c1cccs1. The minimum absolute atomic E-state index is 0.171. The number of hydrogen-bond acceptors (Lipinski definition) is 4. The fraction of sp³-hybridized carbons (Fsp3) is 0.667. The van der Waals surface area contributed by atoms with Crippen LogP contribution in [0.2, 0.25) is 0 Å². The van der Waals surface area contributed by atoms with Crippen LogP contribution in [0.1, 0.15) is 31.2 Å². The van der Waals surface area contributed by atoms with E-state index >= 15 is 0 Å². The highest BCUT2D eigenvalue weighted by Gasteiger charge is 2.26. The molecule has 1 heterocycles. The van der Waals surface area contributed by atoms with Gasteiger partial charge in [0.05, 0.1) is 6.61 Å². The lowest BCUT2D eigenvalue weighted by Crippen LogP contribution is -2.47. The van der Waals surface area contributed by atoms with E-state index in [1.807, 2.05) is 0 Å². The molecule has 4 heteroatoms. The Labute approximate surface area is 101 Å². The molecule has 0 saturated heterocycles. The summed E-state index contributed by atoms with van der Waals surface area (Å²) in [6.07, 6.45) is 0.691. The molecule has 1 aromatic rings. The van der Waals surface area contributed by atoms with Crippen molar-refractivity contribution in [3.05, 3.63) is 22.4 Å². The lowest BCUT2D eigenvalue weighted by Gasteiger charge is -2.32. The molecule has 0 aliphatic carbocycles. The number of aliphatic hydroxyl groups is 1. The molecule has 16 heavy (non-hydrogen) atoms. The maximum Gasteiger partial charge on any atom is 0.0642 e. The molecule has 0 amide bonds. The molecule has 0 radical (unpaired) electrons. The zero-order valence-corrected chi connectivity index (χ0v) is 11.0. The van der Waals surface area contributed by atoms with Gasteiger partial charge < -0.3 is 15.2 Å². The number of ether oxygens (including phenoxy) is 1. The molecular formula is C12H21NO2S. The van der Waals surface area contributed by atoms with E-state index in [-0.39, 0.29) is 18.2 Å². The van der Waals surface area contributed by atoms with Gasteiger partial charge in [-0.05, 0) is 31.7 Å². The van der Waals surface area contributed by atoms with E-state index in [1.165, 1.54) is 4.88 Å². The van der Waals surface area contributed by atoms with Gasteiger partial charge in [0, 0.05) is 30.2 Å². The van der Waals surface area contributed by atoms with Crippen LogP contribution in [0, 0.1) is 0 Å².